The van der Waals surface area contributed by atoms with E-state index in [2.05, 4.69) is 22.1 Å². The van der Waals surface area contributed by atoms with Crippen LogP contribution in [0.4, 0.5) is 0 Å². The molecule has 1 aromatic heterocycles. The van der Waals surface area contributed by atoms with Gasteiger partial charge >= 0.3 is 0 Å². The first-order valence-electron chi connectivity index (χ1n) is 7.27. The van der Waals surface area contributed by atoms with Crippen LogP contribution in [0.2, 0.25) is 0 Å². The number of piperidine rings is 1. The predicted octanol–water partition coefficient (Wildman–Crippen LogP) is 2.05. The average molecular weight is 263 g/mol. The molecule has 2 heterocycles. The lowest BCUT2D eigenvalue weighted by atomic mass is 10.0. The molecule has 1 aromatic rings. The molecule has 4 heteroatoms. The molecule has 1 fully saturated rings. The molecule has 0 atom stereocenters. The van der Waals surface area contributed by atoms with E-state index in [-0.39, 0.29) is 0 Å². The topological polar surface area (TPSA) is 37.4 Å². The zero-order valence-corrected chi connectivity index (χ0v) is 12.1. The summed E-state index contributed by atoms with van der Waals surface area (Å²) in [6, 6.07) is 6.54. The molecule has 0 saturated carbocycles. The van der Waals surface area contributed by atoms with E-state index in [1.165, 1.54) is 38.9 Å². The molecule has 0 amide bonds. The molecule has 0 unspecified atom stereocenters. The first-order valence-corrected chi connectivity index (χ1v) is 7.27. The van der Waals surface area contributed by atoms with E-state index in [4.69, 9.17) is 4.74 Å². The minimum atomic E-state index is 0.626. The third kappa shape index (κ3) is 4.48. The van der Waals surface area contributed by atoms with Crippen molar-refractivity contribution in [1.29, 1.82) is 0 Å². The highest BCUT2D eigenvalue weighted by atomic mass is 16.5. The summed E-state index contributed by atoms with van der Waals surface area (Å²) in [6.07, 6.45) is 3.74. The van der Waals surface area contributed by atoms with Crippen LogP contribution >= 0.6 is 0 Å². The third-order valence-electron chi connectivity index (χ3n) is 3.69. The van der Waals surface area contributed by atoms with Crippen molar-refractivity contribution in [2.45, 2.75) is 38.8 Å². The van der Waals surface area contributed by atoms with E-state index < -0.39 is 0 Å². The normalized spacial score (nSPS) is 17.6. The van der Waals surface area contributed by atoms with E-state index in [1.54, 1.807) is 7.11 Å². The number of nitrogens with one attached hydrogen (secondary N) is 1. The van der Waals surface area contributed by atoms with Crippen molar-refractivity contribution in [2.24, 2.45) is 0 Å². The van der Waals surface area contributed by atoms with E-state index in [0.717, 1.165) is 12.2 Å². The van der Waals surface area contributed by atoms with E-state index in [0.29, 0.717) is 11.9 Å². The van der Waals surface area contributed by atoms with Gasteiger partial charge in [-0.3, -0.25) is 0 Å². The summed E-state index contributed by atoms with van der Waals surface area (Å²) in [7, 11) is 1.66. The van der Waals surface area contributed by atoms with Gasteiger partial charge in [0.15, 0.2) is 0 Å². The number of nitrogens with zero attached hydrogens (tertiary/aromatic N) is 2. The SMILES string of the molecule is CCCN1CCC(NCc2cccc(OC)n2)CC1. The van der Waals surface area contributed by atoms with Crippen molar-refractivity contribution in [3.8, 4) is 5.88 Å². The second kappa shape index (κ2) is 7.46. The van der Waals surface area contributed by atoms with Gasteiger partial charge < -0.3 is 15.0 Å². The van der Waals surface area contributed by atoms with Crippen molar-refractivity contribution in [3.05, 3.63) is 23.9 Å². The Morgan fingerprint density at radius 3 is 2.84 bits per heavy atom. The number of aromatic nitrogens is 1. The Morgan fingerprint density at radius 1 is 1.37 bits per heavy atom. The highest BCUT2D eigenvalue weighted by Crippen LogP contribution is 2.12. The van der Waals surface area contributed by atoms with Gasteiger partial charge in [-0.1, -0.05) is 13.0 Å². The maximum absolute atomic E-state index is 5.14. The minimum Gasteiger partial charge on any atom is -0.481 e. The molecule has 0 spiro atoms. The summed E-state index contributed by atoms with van der Waals surface area (Å²) in [5.41, 5.74) is 1.05. The van der Waals surface area contributed by atoms with Gasteiger partial charge in [-0.25, -0.2) is 4.98 Å². The number of ether oxygens (including phenoxy) is 1. The quantitative estimate of drug-likeness (QED) is 0.852. The second-order valence-electron chi connectivity index (χ2n) is 5.17. The number of hydrogen-bond donors (Lipinski definition) is 1. The molecule has 19 heavy (non-hydrogen) atoms. The summed E-state index contributed by atoms with van der Waals surface area (Å²) in [6.45, 7) is 6.76. The summed E-state index contributed by atoms with van der Waals surface area (Å²) in [4.78, 5) is 6.98. The molecule has 0 aromatic carbocycles. The lowest BCUT2D eigenvalue weighted by Gasteiger charge is -2.32. The summed E-state index contributed by atoms with van der Waals surface area (Å²) in [5, 5.41) is 3.61. The molecular weight excluding hydrogens is 238 g/mol. The molecule has 1 N–H and O–H groups in total. The molecule has 1 saturated heterocycles. The Hall–Kier alpha value is -1.13. The number of rotatable bonds is 6. The molecule has 0 radical (unpaired) electrons. The maximum Gasteiger partial charge on any atom is 0.213 e. The van der Waals surface area contributed by atoms with Crippen molar-refractivity contribution in [2.75, 3.05) is 26.7 Å². The van der Waals surface area contributed by atoms with Gasteiger partial charge in [0, 0.05) is 18.7 Å². The Bertz CT molecular complexity index is 375. The number of pyridine rings is 1. The number of hydrogen-bond acceptors (Lipinski definition) is 4. The van der Waals surface area contributed by atoms with Crippen LogP contribution in [0.3, 0.4) is 0 Å². The molecule has 1 aliphatic rings. The molecule has 1 aliphatic heterocycles. The molecule has 0 bridgehead atoms. The van der Waals surface area contributed by atoms with Crippen LogP contribution in [-0.4, -0.2) is 42.7 Å². The predicted molar refractivity (Wildman–Crippen MR) is 77.4 cm³/mol. The first-order chi connectivity index (χ1) is 9.31. The summed E-state index contributed by atoms with van der Waals surface area (Å²) >= 11 is 0. The van der Waals surface area contributed by atoms with Gasteiger partial charge in [-0.05, 0) is 45.0 Å². The van der Waals surface area contributed by atoms with Gasteiger partial charge in [-0.2, -0.15) is 0 Å². The zero-order valence-electron chi connectivity index (χ0n) is 12.1. The van der Waals surface area contributed by atoms with Crippen molar-refractivity contribution >= 4 is 0 Å². The maximum atomic E-state index is 5.14. The van der Waals surface area contributed by atoms with Crippen molar-refractivity contribution in [3.63, 3.8) is 0 Å². The zero-order chi connectivity index (χ0) is 13.5. The van der Waals surface area contributed by atoms with Gasteiger partial charge in [0.2, 0.25) is 5.88 Å². The molecule has 4 nitrogen and oxygen atoms in total. The van der Waals surface area contributed by atoms with E-state index in [1.807, 2.05) is 18.2 Å². The van der Waals surface area contributed by atoms with Gasteiger partial charge in [0.25, 0.3) is 0 Å². The molecule has 0 aliphatic carbocycles. The average Bonchev–Trinajstić information content (AvgIpc) is 2.47. The van der Waals surface area contributed by atoms with E-state index in [9.17, 15) is 0 Å². The standard InChI is InChI=1S/C15H25N3O/c1-3-9-18-10-7-13(8-11-18)16-12-14-5-4-6-15(17-14)19-2/h4-6,13,16H,3,7-12H2,1-2H3. The lowest BCUT2D eigenvalue weighted by molar-refractivity contribution is 0.197. The van der Waals surface area contributed by atoms with Gasteiger partial charge in [0.1, 0.15) is 0 Å². The van der Waals surface area contributed by atoms with Crippen LogP contribution < -0.4 is 10.1 Å². The number of methoxy groups -OCH3 is 1. The van der Waals surface area contributed by atoms with Crippen LogP contribution in [0.25, 0.3) is 0 Å². The highest BCUT2D eigenvalue weighted by molar-refractivity contribution is 5.15. The fourth-order valence-corrected chi connectivity index (χ4v) is 2.60. The molecular formula is C15H25N3O. The Morgan fingerprint density at radius 2 is 2.16 bits per heavy atom. The minimum absolute atomic E-state index is 0.626. The van der Waals surface area contributed by atoms with Crippen LogP contribution in [0.5, 0.6) is 5.88 Å². The van der Waals surface area contributed by atoms with Crippen LogP contribution in [0.1, 0.15) is 31.9 Å². The second-order valence-corrected chi connectivity index (χ2v) is 5.17. The van der Waals surface area contributed by atoms with Gasteiger partial charge in [0.05, 0.1) is 12.8 Å². The van der Waals surface area contributed by atoms with Crippen molar-refractivity contribution in [1.82, 2.24) is 15.2 Å². The van der Waals surface area contributed by atoms with Crippen molar-refractivity contribution < 1.29 is 4.74 Å². The summed E-state index contributed by atoms with van der Waals surface area (Å²) in [5.74, 6) is 0.692. The third-order valence-corrected chi connectivity index (χ3v) is 3.69. The molecule has 2 rings (SSSR count). The van der Waals surface area contributed by atoms with Crippen LogP contribution in [-0.2, 0) is 6.54 Å². The Labute approximate surface area is 116 Å². The van der Waals surface area contributed by atoms with E-state index >= 15 is 0 Å². The summed E-state index contributed by atoms with van der Waals surface area (Å²) < 4.78 is 5.14. The van der Waals surface area contributed by atoms with Crippen LogP contribution in [0, 0.1) is 0 Å². The fraction of sp³-hybridized carbons (Fsp3) is 0.667. The fourth-order valence-electron chi connectivity index (χ4n) is 2.60. The molecule has 106 valence electrons. The first kappa shape index (κ1) is 14.3. The highest BCUT2D eigenvalue weighted by Gasteiger charge is 2.17. The Kier molecular flexibility index (Phi) is 5.61. The monoisotopic (exact) mass is 263 g/mol. The smallest absolute Gasteiger partial charge is 0.213 e. The van der Waals surface area contributed by atoms with Gasteiger partial charge in [-0.15, -0.1) is 0 Å². The largest absolute Gasteiger partial charge is 0.481 e. The number of likely N-dealkylation sites (tertiary alicyclic amines) is 1. The lowest BCUT2D eigenvalue weighted by Crippen LogP contribution is -2.42. The Balaban J connectivity index is 1.74. The van der Waals surface area contributed by atoms with Crippen LogP contribution in [0.15, 0.2) is 18.2 Å².